The fourth-order valence-corrected chi connectivity index (χ4v) is 4.64. The number of nitrogens with one attached hydrogen (secondary N) is 1. The number of aryl methyl sites for hydroxylation is 1. The highest BCUT2D eigenvalue weighted by atomic mass is 32.2. The van der Waals surface area contributed by atoms with Gasteiger partial charge < -0.3 is 4.42 Å². The lowest BCUT2D eigenvalue weighted by atomic mass is 10.1. The van der Waals surface area contributed by atoms with E-state index < -0.39 is 38.1 Å². The summed E-state index contributed by atoms with van der Waals surface area (Å²) in [5, 5.41) is 9.31. The Morgan fingerprint density at radius 3 is 2.42 bits per heavy atom. The first-order valence-electron chi connectivity index (χ1n) is 7.13. The molecular formula is C14H14F3N3O4S2. The Labute approximate surface area is 151 Å². The lowest BCUT2D eigenvalue weighted by molar-refractivity contribution is -0.140. The maximum Gasteiger partial charge on any atom is 0.417 e. The van der Waals surface area contributed by atoms with Gasteiger partial charge in [0.05, 0.1) is 21.8 Å². The summed E-state index contributed by atoms with van der Waals surface area (Å²) >= 11 is 0.732. The first kappa shape index (κ1) is 20.2. The third-order valence-corrected chi connectivity index (χ3v) is 6.07. The van der Waals surface area contributed by atoms with E-state index in [1.165, 1.54) is 20.1 Å². The monoisotopic (exact) mass is 409 g/mol. The SMILES string of the molecule is CCS(=O)(=O)c1c(C(F)(F)F)ccc(C(=O)Nc2nnc(C)o2)c1SC. The maximum atomic E-state index is 13.3. The van der Waals surface area contributed by atoms with Crippen molar-refractivity contribution in [1.29, 1.82) is 0 Å². The number of benzene rings is 1. The van der Waals surface area contributed by atoms with Crippen molar-refractivity contribution < 1.29 is 30.8 Å². The molecule has 1 amide bonds. The van der Waals surface area contributed by atoms with Gasteiger partial charge in [0.15, 0.2) is 9.84 Å². The number of amides is 1. The van der Waals surface area contributed by atoms with Crippen LogP contribution in [0.5, 0.6) is 0 Å². The second-order valence-electron chi connectivity index (χ2n) is 5.00. The molecule has 0 spiro atoms. The van der Waals surface area contributed by atoms with E-state index >= 15 is 0 Å². The van der Waals surface area contributed by atoms with Gasteiger partial charge in [0.25, 0.3) is 5.91 Å². The number of sulfone groups is 1. The average molecular weight is 409 g/mol. The van der Waals surface area contributed by atoms with E-state index in [1.54, 1.807) is 0 Å². The van der Waals surface area contributed by atoms with Gasteiger partial charge >= 0.3 is 12.2 Å². The normalized spacial score (nSPS) is 12.2. The topological polar surface area (TPSA) is 102 Å². The molecule has 0 fully saturated rings. The lowest BCUT2D eigenvalue weighted by Crippen LogP contribution is -2.20. The van der Waals surface area contributed by atoms with Crippen molar-refractivity contribution in [1.82, 2.24) is 10.2 Å². The standard InChI is InChI=1S/C14H14F3N3O4S2/c1-4-26(22,23)11-9(14(15,16)17)6-5-8(10(11)25-3)12(21)18-13-20-19-7(2)24-13/h5-6H,4H2,1-3H3,(H,18,20,21). The highest BCUT2D eigenvalue weighted by Gasteiger charge is 2.39. The van der Waals surface area contributed by atoms with Gasteiger partial charge in [0.1, 0.15) is 0 Å². The van der Waals surface area contributed by atoms with Crippen LogP contribution in [-0.4, -0.2) is 36.5 Å². The van der Waals surface area contributed by atoms with Crippen molar-refractivity contribution in [3.8, 4) is 0 Å². The molecule has 0 aliphatic heterocycles. The molecule has 2 aromatic rings. The zero-order valence-electron chi connectivity index (χ0n) is 13.8. The summed E-state index contributed by atoms with van der Waals surface area (Å²) in [6.07, 6.45) is -3.50. The van der Waals surface area contributed by atoms with E-state index in [-0.39, 0.29) is 22.4 Å². The second-order valence-corrected chi connectivity index (χ2v) is 8.04. The van der Waals surface area contributed by atoms with Crippen molar-refractivity contribution in [3.63, 3.8) is 0 Å². The van der Waals surface area contributed by atoms with Crippen LogP contribution >= 0.6 is 11.8 Å². The first-order chi connectivity index (χ1) is 12.0. The Morgan fingerprint density at radius 2 is 1.96 bits per heavy atom. The Bertz CT molecular complexity index is 939. The van der Waals surface area contributed by atoms with E-state index in [2.05, 4.69) is 15.5 Å². The summed E-state index contributed by atoms with van der Waals surface area (Å²) < 4.78 is 69.5. The zero-order valence-corrected chi connectivity index (χ0v) is 15.5. The van der Waals surface area contributed by atoms with E-state index in [9.17, 15) is 26.4 Å². The second kappa shape index (κ2) is 7.27. The van der Waals surface area contributed by atoms with E-state index in [0.717, 1.165) is 17.8 Å². The number of nitrogens with zero attached hydrogens (tertiary/aromatic N) is 2. The van der Waals surface area contributed by atoms with Crippen molar-refractivity contribution in [2.45, 2.75) is 29.8 Å². The van der Waals surface area contributed by atoms with Crippen LogP contribution in [-0.2, 0) is 16.0 Å². The fraction of sp³-hybridized carbons (Fsp3) is 0.357. The summed E-state index contributed by atoms with van der Waals surface area (Å²) in [5.74, 6) is -1.23. The largest absolute Gasteiger partial charge is 0.417 e. The number of hydrogen-bond acceptors (Lipinski definition) is 7. The minimum atomic E-state index is -4.89. The number of carbonyl (C=O) groups excluding carboxylic acids is 1. The van der Waals surface area contributed by atoms with Crippen LogP contribution < -0.4 is 5.32 Å². The van der Waals surface area contributed by atoms with Crippen LogP contribution in [0, 0.1) is 6.92 Å². The number of aromatic nitrogens is 2. The minimum absolute atomic E-state index is 0.173. The van der Waals surface area contributed by atoms with Gasteiger partial charge in [-0.3, -0.25) is 10.1 Å². The van der Waals surface area contributed by atoms with Crippen molar-refractivity contribution in [2.75, 3.05) is 17.3 Å². The Balaban J connectivity index is 2.65. The van der Waals surface area contributed by atoms with E-state index in [4.69, 9.17) is 4.42 Å². The fourth-order valence-electron chi connectivity index (χ4n) is 2.13. The summed E-state index contributed by atoms with van der Waals surface area (Å²) in [6, 6.07) is 1.25. The molecule has 7 nitrogen and oxygen atoms in total. The summed E-state index contributed by atoms with van der Waals surface area (Å²) in [7, 11) is -4.25. The summed E-state index contributed by atoms with van der Waals surface area (Å²) in [6.45, 7) is 2.72. The quantitative estimate of drug-likeness (QED) is 0.757. The van der Waals surface area contributed by atoms with Gasteiger partial charge in [-0.05, 0) is 18.4 Å². The van der Waals surface area contributed by atoms with E-state index in [0.29, 0.717) is 6.07 Å². The van der Waals surface area contributed by atoms with Gasteiger partial charge in [-0.15, -0.1) is 16.9 Å². The molecule has 1 aromatic heterocycles. The molecule has 0 atom stereocenters. The predicted octanol–water partition coefficient (Wildman–Crippen LogP) is 3.16. The van der Waals surface area contributed by atoms with Crippen LogP contribution in [0.25, 0.3) is 0 Å². The van der Waals surface area contributed by atoms with Crippen molar-refractivity contribution in [2.24, 2.45) is 0 Å². The number of hydrogen-bond donors (Lipinski definition) is 1. The Morgan fingerprint density at radius 1 is 1.31 bits per heavy atom. The molecule has 1 heterocycles. The van der Waals surface area contributed by atoms with Crippen molar-refractivity contribution >= 4 is 33.5 Å². The molecule has 1 aromatic carbocycles. The number of thioether (sulfide) groups is 1. The Hall–Kier alpha value is -2.08. The van der Waals surface area contributed by atoms with Gasteiger partial charge in [0.2, 0.25) is 5.89 Å². The number of alkyl halides is 3. The first-order valence-corrected chi connectivity index (χ1v) is 10.0. The van der Waals surface area contributed by atoms with Crippen LogP contribution in [0.4, 0.5) is 19.2 Å². The van der Waals surface area contributed by atoms with Crippen LogP contribution in [0.3, 0.4) is 0 Å². The van der Waals surface area contributed by atoms with Crippen LogP contribution in [0.2, 0.25) is 0 Å². The zero-order chi connectivity index (χ0) is 19.7. The number of carbonyl (C=O) groups is 1. The molecule has 0 aliphatic rings. The number of rotatable bonds is 5. The molecule has 0 bridgehead atoms. The molecule has 142 valence electrons. The summed E-state index contributed by atoms with van der Waals surface area (Å²) in [5.41, 5.74) is -1.55. The van der Waals surface area contributed by atoms with Gasteiger partial charge in [-0.1, -0.05) is 12.0 Å². The Kier molecular flexibility index (Phi) is 5.66. The third-order valence-electron chi connectivity index (χ3n) is 3.30. The highest BCUT2D eigenvalue weighted by Crippen LogP contribution is 2.40. The van der Waals surface area contributed by atoms with E-state index in [1.807, 2.05) is 0 Å². The minimum Gasteiger partial charge on any atom is -0.408 e. The molecular weight excluding hydrogens is 395 g/mol. The lowest BCUT2D eigenvalue weighted by Gasteiger charge is -2.18. The highest BCUT2D eigenvalue weighted by molar-refractivity contribution is 7.99. The molecule has 0 unspecified atom stereocenters. The number of anilines is 1. The average Bonchev–Trinajstić information content (AvgIpc) is 2.97. The molecule has 1 N–H and O–H groups in total. The van der Waals surface area contributed by atoms with Gasteiger partial charge in [-0.25, -0.2) is 8.42 Å². The smallest absolute Gasteiger partial charge is 0.408 e. The van der Waals surface area contributed by atoms with Gasteiger partial charge in [0, 0.05) is 11.8 Å². The predicted molar refractivity (Wildman–Crippen MR) is 87.9 cm³/mol. The molecule has 0 saturated heterocycles. The van der Waals surface area contributed by atoms with Crippen LogP contribution in [0.1, 0.15) is 28.7 Å². The summed E-state index contributed by atoms with van der Waals surface area (Å²) in [4.78, 5) is 11.2. The molecule has 12 heteroatoms. The van der Waals surface area contributed by atoms with Crippen molar-refractivity contribution in [3.05, 3.63) is 29.2 Å². The third kappa shape index (κ3) is 4.01. The van der Waals surface area contributed by atoms with Gasteiger partial charge in [-0.2, -0.15) is 13.2 Å². The molecule has 26 heavy (non-hydrogen) atoms. The molecule has 2 rings (SSSR count). The molecule has 0 saturated carbocycles. The molecule has 0 aliphatic carbocycles. The van der Waals surface area contributed by atoms with Crippen LogP contribution in [0.15, 0.2) is 26.3 Å². The maximum absolute atomic E-state index is 13.3. The molecule has 0 radical (unpaired) electrons. The number of halogens is 3.